The fraction of sp³-hybridized carbons (Fsp3) is 0.796. The number of carbonyl (C=O) groups is 4. The number of allylic oxidation sites excluding steroid dienone is 1. The van der Waals surface area contributed by atoms with Gasteiger partial charge in [0.2, 0.25) is 0 Å². The highest BCUT2D eigenvalue weighted by Crippen LogP contribution is 2.77. The zero-order valence-corrected chi connectivity index (χ0v) is 39.1. The van der Waals surface area contributed by atoms with Crippen LogP contribution in [-0.4, -0.2) is 63.0 Å². The van der Waals surface area contributed by atoms with Gasteiger partial charge < -0.3 is 14.2 Å². The lowest BCUT2D eigenvalue weighted by atomic mass is 9.33. The fourth-order valence-corrected chi connectivity index (χ4v) is 14.8. The molecule has 6 fully saturated rings. The van der Waals surface area contributed by atoms with E-state index in [1.807, 2.05) is 25.7 Å². The predicted octanol–water partition coefficient (Wildman–Crippen LogP) is 10.6. The number of esters is 2. The number of hydrogen-bond donors (Lipinski definition) is 0. The summed E-state index contributed by atoms with van der Waals surface area (Å²) in [6.07, 6.45) is 11.9. The first-order chi connectivity index (χ1) is 27.8. The van der Waals surface area contributed by atoms with Crippen LogP contribution in [0.25, 0.3) is 0 Å². The molecule has 9 atom stereocenters. The average molecular weight is 849 g/mol. The third-order valence-corrected chi connectivity index (χ3v) is 18.1. The molecule has 2 heterocycles. The molecule has 11 heteroatoms. The number of Topliss-reactive ketones (excluding diaryl/α,β-unsaturated/α-hetero) is 1. The van der Waals surface area contributed by atoms with Crippen LogP contribution in [0.4, 0.5) is 4.79 Å². The Morgan fingerprint density at radius 3 is 2.17 bits per heavy atom. The summed E-state index contributed by atoms with van der Waals surface area (Å²) in [6, 6.07) is 0. The Balaban J connectivity index is 1.05. The maximum atomic E-state index is 14.4. The molecule has 10 nitrogen and oxygen atoms in total. The summed E-state index contributed by atoms with van der Waals surface area (Å²) in [7, 11) is 0. The van der Waals surface area contributed by atoms with Gasteiger partial charge in [-0.1, -0.05) is 60.1 Å². The molecule has 6 aliphatic carbocycles. The van der Waals surface area contributed by atoms with Crippen LogP contribution < -0.4 is 0 Å². The molecule has 0 spiro atoms. The van der Waals surface area contributed by atoms with E-state index in [0.29, 0.717) is 35.6 Å². The lowest BCUT2D eigenvalue weighted by Crippen LogP contribution is -2.66. The number of nitrogens with zero attached hydrogens (tertiary/aromatic N) is 3. The van der Waals surface area contributed by atoms with Gasteiger partial charge in [-0.3, -0.25) is 19.3 Å². The minimum Gasteiger partial charge on any atom is -0.462 e. The quantitative estimate of drug-likeness (QED) is 0.186. The molecule has 5 saturated carbocycles. The van der Waals surface area contributed by atoms with Crippen molar-refractivity contribution in [2.45, 2.75) is 183 Å². The van der Waals surface area contributed by atoms with Crippen molar-refractivity contribution in [3.8, 4) is 0 Å². The monoisotopic (exact) mass is 847 g/mol. The standard InChI is InChI=1S/C49H70ClN3O7/c1-28(2)37-31(54)23-48(35-27-53(41(57)59-35)49(21-22-49)39-51-25-29(50)26-52-39)20-19-46(11)30(38(37)48)13-14-33-45(10)17-16-34(44(8,9)32(45)15-18-47(33,46)12)58-36(55)24-43(6,7)40(56)60-42(3,4)5/h25-26,28,30,32-35H,13-24,27H2,1-12H3. The Hall–Kier alpha value is -3.01. The van der Waals surface area contributed by atoms with Crippen LogP contribution in [0.15, 0.2) is 23.5 Å². The Morgan fingerprint density at radius 2 is 1.55 bits per heavy atom. The minimum absolute atomic E-state index is 0.0213. The van der Waals surface area contributed by atoms with E-state index in [1.165, 1.54) is 5.57 Å². The molecule has 0 radical (unpaired) electrons. The summed E-state index contributed by atoms with van der Waals surface area (Å²) in [4.78, 5) is 65.9. The molecule has 0 N–H and O–H groups in total. The van der Waals surface area contributed by atoms with Gasteiger partial charge in [0.25, 0.3) is 0 Å². The normalized spacial score (nSPS) is 38.1. The molecule has 0 bridgehead atoms. The Kier molecular flexibility index (Phi) is 10.2. The number of fused-ring (bicyclic) bond motifs is 7. The molecule has 1 amide bonds. The summed E-state index contributed by atoms with van der Waals surface area (Å²) in [5.41, 5.74) is -0.678. The highest BCUT2D eigenvalue weighted by Gasteiger charge is 2.72. The van der Waals surface area contributed by atoms with E-state index in [4.69, 9.17) is 25.8 Å². The number of aromatic nitrogens is 2. The number of carbonyl (C=O) groups excluding carboxylic acids is 4. The van der Waals surface area contributed by atoms with E-state index >= 15 is 0 Å². The van der Waals surface area contributed by atoms with Gasteiger partial charge >= 0.3 is 18.0 Å². The second kappa shape index (κ2) is 14.0. The van der Waals surface area contributed by atoms with Gasteiger partial charge in [-0.2, -0.15) is 0 Å². The van der Waals surface area contributed by atoms with Gasteiger partial charge in [0.1, 0.15) is 23.3 Å². The van der Waals surface area contributed by atoms with Crippen molar-refractivity contribution in [1.82, 2.24) is 14.9 Å². The molecule has 8 rings (SSSR count). The van der Waals surface area contributed by atoms with Crippen LogP contribution >= 0.6 is 11.6 Å². The maximum Gasteiger partial charge on any atom is 0.411 e. The Bertz CT molecular complexity index is 2000. The number of ketones is 1. The average Bonchev–Trinajstić information content (AvgIpc) is 3.73. The third-order valence-electron chi connectivity index (χ3n) is 17.9. The van der Waals surface area contributed by atoms with Gasteiger partial charge in [-0.15, -0.1) is 0 Å². The van der Waals surface area contributed by atoms with Crippen LogP contribution in [-0.2, 0) is 34.1 Å². The molecule has 1 aromatic rings. The first-order valence-corrected chi connectivity index (χ1v) is 23.3. The Labute approximate surface area is 363 Å². The van der Waals surface area contributed by atoms with Gasteiger partial charge in [0.15, 0.2) is 11.6 Å². The number of cyclic esters (lactones) is 1. The molecule has 0 aromatic carbocycles. The van der Waals surface area contributed by atoms with Gasteiger partial charge in [0.05, 0.1) is 23.4 Å². The smallest absolute Gasteiger partial charge is 0.411 e. The van der Waals surface area contributed by atoms with Crippen LogP contribution in [0.3, 0.4) is 0 Å². The van der Waals surface area contributed by atoms with Crippen molar-refractivity contribution in [3.63, 3.8) is 0 Å². The SMILES string of the molecule is CC(C)C1=C2C3CCC4C5(C)CCC(OC(=O)CC(C)(C)C(=O)OC(C)(C)C)C(C)(C)C5CCC4(C)C3(C)CCC2(C2CN(C3(c4ncc(Cl)cn4)CC3)C(=O)O2)CC1=O. The van der Waals surface area contributed by atoms with Crippen LogP contribution in [0.5, 0.6) is 0 Å². The van der Waals surface area contributed by atoms with Crippen molar-refractivity contribution in [3.05, 3.63) is 34.4 Å². The zero-order chi connectivity index (χ0) is 43.8. The second-order valence-corrected chi connectivity index (χ2v) is 23.9. The van der Waals surface area contributed by atoms with Crippen LogP contribution in [0.2, 0.25) is 5.02 Å². The van der Waals surface area contributed by atoms with Crippen molar-refractivity contribution < 1.29 is 33.4 Å². The summed E-state index contributed by atoms with van der Waals surface area (Å²) < 4.78 is 18.5. The topological polar surface area (TPSA) is 125 Å². The maximum absolute atomic E-state index is 14.4. The summed E-state index contributed by atoms with van der Waals surface area (Å²) in [5.74, 6) is 1.23. The minimum atomic E-state index is -0.991. The second-order valence-electron chi connectivity index (χ2n) is 23.5. The van der Waals surface area contributed by atoms with Gasteiger partial charge in [-0.05, 0) is 150 Å². The van der Waals surface area contributed by atoms with E-state index in [0.717, 1.165) is 69.8 Å². The summed E-state index contributed by atoms with van der Waals surface area (Å²) >= 11 is 6.15. The van der Waals surface area contributed by atoms with E-state index in [-0.39, 0.29) is 63.9 Å². The van der Waals surface area contributed by atoms with Gasteiger partial charge in [-0.25, -0.2) is 14.8 Å². The first kappa shape index (κ1) is 43.6. The third kappa shape index (κ3) is 6.42. The number of ether oxygens (including phenoxy) is 3. The first-order valence-electron chi connectivity index (χ1n) is 22.9. The van der Waals surface area contributed by atoms with E-state index in [2.05, 4.69) is 58.4 Å². The van der Waals surface area contributed by atoms with Crippen molar-refractivity contribution in [2.24, 2.45) is 56.2 Å². The Morgan fingerprint density at radius 1 is 0.883 bits per heavy atom. The number of amides is 1. The zero-order valence-electron chi connectivity index (χ0n) is 38.4. The largest absolute Gasteiger partial charge is 0.462 e. The van der Waals surface area contributed by atoms with E-state index < -0.39 is 34.0 Å². The molecular formula is C49H70ClN3O7. The summed E-state index contributed by atoms with van der Waals surface area (Å²) in [5, 5.41) is 0.460. The molecule has 60 heavy (non-hydrogen) atoms. The number of halogens is 1. The molecule has 1 aromatic heterocycles. The molecule has 330 valence electrons. The number of hydrogen-bond acceptors (Lipinski definition) is 9. The van der Waals surface area contributed by atoms with E-state index in [1.54, 1.807) is 26.2 Å². The highest BCUT2D eigenvalue weighted by atomic mass is 35.5. The number of rotatable bonds is 8. The summed E-state index contributed by atoms with van der Waals surface area (Å²) in [6.45, 7) is 26.0. The molecule has 1 aliphatic heterocycles. The lowest BCUT2D eigenvalue weighted by molar-refractivity contribution is -0.235. The highest BCUT2D eigenvalue weighted by molar-refractivity contribution is 6.30. The van der Waals surface area contributed by atoms with E-state index in [9.17, 15) is 19.2 Å². The van der Waals surface area contributed by atoms with Crippen molar-refractivity contribution in [2.75, 3.05) is 6.54 Å². The fourth-order valence-electron chi connectivity index (χ4n) is 14.7. The van der Waals surface area contributed by atoms with Crippen LogP contribution in [0, 0.1) is 56.2 Å². The van der Waals surface area contributed by atoms with Crippen molar-refractivity contribution in [1.29, 1.82) is 0 Å². The predicted molar refractivity (Wildman–Crippen MR) is 228 cm³/mol. The molecule has 9 unspecified atom stereocenters. The lowest BCUT2D eigenvalue weighted by Gasteiger charge is -2.72. The molecule has 7 aliphatic rings. The van der Waals surface area contributed by atoms with Gasteiger partial charge in [0, 0.05) is 29.6 Å². The molecule has 1 saturated heterocycles. The molecular weight excluding hydrogens is 778 g/mol. The van der Waals surface area contributed by atoms with Crippen molar-refractivity contribution >= 4 is 35.4 Å². The van der Waals surface area contributed by atoms with Crippen LogP contribution in [0.1, 0.15) is 166 Å².